The molecule has 1 aromatic rings. The molecule has 0 aromatic carbocycles. The lowest BCUT2D eigenvalue weighted by atomic mass is 10.0. The molecular formula is C12H17N3O2. The van der Waals surface area contributed by atoms with Gasteiger partial charge in [0, 0.05) is 18.8 Å². The third-order valence-corrected chi connectivity index (χ3v) is 3.30. The predicted molar refractivity (Wildman–Crippen MR) is 64.7 cm³/mol. The standard InChI is InChI=1S/C12H17N3O2/c13-6-5-12(3-4-12)8-15-11(17)9-1-2-10(16)14-7-9/h1-2,7H,3-6,8,13H2,(H,14,16)(H,15,17). The number of hydrogen-bond acceptors (Lipinski definition) is 3. The van der Waals surface area contributed by atoms with Crippen molar-refractivity contribution in [1.82, 2.24) is 10.3 Å². The van der Waals surface area contributed by atoms with Crippen LogP contribution in [0.3, 0.4) is 0 Å². The van der Waals surface area contributed by atoms with E-state index >= 15 is 0 Å². The van der Waals surface area contributed by atoms with E-state index in [9.17, 15) is 9.59 Å². The maximum atomic E-state index is 11.8. The van der Waals surface area contributed by atoms with Crippen molar-refractivity contribution in [3.8, 4) is 0 Å². The molecule has 5 nitrogen and oxygen atoms in total. The van der Waals surface area contributed by atoms with Gasteiger partial charge in [0.15, 0.2) is 0 Å². The lowest BCUT2D eigenvalue weighted by Gasteiger charge is -2.14. The molecule has 4 N–H and O–H groups in total. The van der Waals surface area contributed by atoms with Crippen molar-refractivity contribution in [2.24, 2.45) is 11.1 Å². The van der Waals surface area contributed by atoms with E-state index in [0.717, 1.165) is 19.3 Å². The minimum atomic E-state index is -0.205. The first kappa shape index (κ1) is 11.9. The van der Waals surface area contributed by atoms with Crippen LogP contribution >= 0.6 is 0 Å². The molecule has 1 heterocycles. The van der Waals surface area contributed by atoms with Crippen LogP contribution < -0.4 is 16.6 Å². The van der Waals surface area contributed by atoms with Gasteiger partial charge in [0.1, 0.15) is 0 Å². The molecular weight excluding hydrogens is 218 g/mol. The Labute approximate surface area is 99.4 Å². The van der Waals surface area contributed by atoms with E-state index < -0.39 is 0 Å². The lowest BCUT2D eigenvalue weighted by molar-refractivity contribution is 0.0943. The Morgan fingerprint density at radius 3 is 2.76 bits per heavy atom. The summed E-state index contributed by atoms with van der Waals surface area (Å²) >= 11 is 0. The number of nitrogens with one attached hydrogen (secondary N) is 2. The van der Waals surface area contributed by atoms with Gasteiger partial charge in [-0.1, -0.05) is 0 Å². The van der Waals surface area contributed by atoms with Gasteiger partial charge in [-0.2, -0.15) is 0 Å². The molecule has 1 aliphatic carbocycles. The van der Waals surface area contributed by atoms with Crippen molar-refractivity contribution in [2.45, 2.75) is 19.3 Å². The second-order valence-corrected chi connectivity index (χ2v) is 4.66. The van der Waals surface area contributed by atoms with Gasteiger partial charge in [-0.3, -0.25) is 9.59 Å². The highest BCUT2D eigenvalue weighted by atomic mass is 16.1. The lowest BCUT2D eigenvalue weighted by Crippen LogP contribution is -2.31. The van der Waals surface area contributed by atoms with Gasteiger partial charge in [0.05, 0.1) is 5.56 Å². The average molecular weight is 235 g/mol. The monoisotopic (exact) mass is 235 g/mol. The molecule has 0 unspecified atom stereocenters. The Morgan fingerprint density at radius 2 is 2.24 bits per heavy atom. The molecule has 0 radical (unpaired) electrons. The summed E-state index contributed by atoms with van der Waals surface area (Å²) in [5.74, 6) is -0.149. The zero-order chi connectivity index (χ0) is 12.3. The number of nitrogens with two attached hydrogens (primary N) is 1. The minimum absolute atomic E-state index is 0.149. The molecule has 1 aromatic heterocycles. The summed E-state index contributed by atoms with van der Waals surface area (Å²) in [4.78, 5) is 25.1. The molecule has 5 heteroatoms. The molecule has 17 heavy (non-hydrogen) atoms. The molecule has 0 atom stereocenters. The van der Waals surface area contributed by atoms with Crippen molar-refractivity contribution in [3.05, 3.63) is 34.2 Å². The van der Waals surface area contributed by atoms with Gasteiger partial charge < -0.3 is 16.0 Å². The quantitative estimate of drug-likeness (QED) is 0.682. The number of H-pyrrole nitrogens is 1. The third kappa shape index (κ3) is 2.94. The van der Waals surface area contributed by atoms with Crippen LogP contribution in [0.1, 0.15) is 29.6 Å². The zero-order valence-corrected chi connectivity index (χ0v) is 9.66. The highest BCUT2D eigenvalue weighted by Crippen LogP contribution is 2.47. The fourth-order valence-corrected chi connectivity index (χ4v) is 1.92. The number of hydrogen-bond donors (Lipinski definition) is 3. The SMILES string of the molecule is NCCC1(CNC(=O)c2ccc(=O)[nH]c2)CC1. The molecule has 1 saturated carbocycles. The third-order valence-electron chi connectivity index (χ3n) is 3.30. The van der Waals surface area contributed by atoms with Crippen molar-refractivity contribution in [1.29, 1.82) is 0 Å². The smallest absolute Gasteiger partial charge is 0.252 e. The molecule has 0 bridgehead atoms. The molecule has 0 spiro atoms. The zero-order valence-electron chi connectivity index (χ0n) is 9.66. The van der Waals surface area contributed by atoms with Crippen LogP contribution in [0.4, 0.5) is 0 Å². The molecule has 2 rings (SSSR count). The second kappa shape index (κ2) is 4.71. The summed E-state index contributed by atoms with van der Waals surface area (Å²) in [5, 5.41) is 2.89. The number of carbonyl (C=O) groups is 1. The number of carbonyl (C=O) groups excluding carboxylic acids is 1. The highest BCUT2D eigenvalue weighted by Gasteiger charge is 2.41. The maximum absolute atomic E-state index is 11.8. The Hall–Kier alpha value is -1.62. The number of rotatable bonds is 5. The Morgan fingerprint density at radius 1 is 1.47 bits per heavy atom. The summed E-state index contributed by atoms with van der Waals surface area (Å²) in [5.41, 5.74) is 6.04. The molecule has 1 amide bonds. The van der Waals surface area contributed by atoms with Gasteiger partial charge >= 0.3 is 0 Å². The normalized spacial score (nSPS) is 16.5. The number of aromatic nitrogens is 1. The van der Waals surface area contributed by atoms with Crippen molar-refractivity contribution >= 4 is 5.91 Å². The summed E-state index contributed by atoms with van der Waals surface area (Å²) in [6, 6.07) is 2.87. The van der Waals surface area contributed by atoms with Crippen molar-refractivity contribution in [2.75, 3.05) is 13.1 Å². The fourth-order valence-electron chi connectivity index (χ4n) is 1.92. The van der Waals surface area contributed by atoms with Gasteiger partial charge in [0.2, 0.25) is 5.56 Å². The summed E-state index contributed by atoms with van der Waals surface area (Å²) in [7, 11) is 0. The van der Waals surface area contributed by atoms with E-state index in [-0.39, 0.29) is 16.9 Å². The van der Waals surface area contributed by atoms with E-state index in [1.54, 1.807) is 0 Å². The van der Waals surface area contributed by atoms with Gasteiger partial charge in [-0.15, -0.1) is 0 Å². The number of aromatic amines is 1. The van der Waals surface area contributed by atoms with Crippen LogP contribution in [0.5, 0.6) is 0 Å². The minimum Gasteiger partial charge on any atom is -0.351 e. The van der Waals surface area contributed by atoms with E-state index in [2.05, 4.69) is 10.3 Å². The van der Waals surface area contributed by atoms with E-state index in [0.29, 0.717) is 18.7 Å². The molecule has 0 aliphatic heterocycles. The first-order valence-corrected chi connectivity index (χ1v) is 5.82. The predicted octanol–water partition coefficient (Wildman–Crippen LogP) is 0.234. The molecule has 1 aliphatic rings. The van der Waals surface area contributed by atoms with Crippen LogP contribution in [-0.4, -0.2) is 24.0 Å². The number of pyridine rings is 1. The summed E-state index contributed by atoms with van der Waals surface area (Å²) in [6.07, 6.45) is 4.66. The molecule has 92 valence electrons. The highest BCUT2D eigenvalue weighted by molar-refractivity contribution is 5.93. The first-order valence-electron chi connectivity index (χ1n) is 5.82. The van der Waals surface area contributed by atoms with Crippen molar-refractivity contribution in [3.63, 3.8) is 0 Å². The fraction of sp³-hybridized carbons (Fsp3) is 0.500. The Bertz CT molecular complexity index is 443. The topological polar surface area (TPSA) is 88.0 Å². The Balaban J connectivity index is 1.89. The Kier molecular flexibility index (Phi) is 3.28. The molecule has 1 fully saturated rings. The van der Waals surface area contributed by atoms with Crippen LogP contribution in [0.25, 0.3) is 0 Å². The van der Waals surface area contributed by atoms with E-state index in [1.807, 2.05) is 0 Å². The van der Waals surface area contributed by atoms with Gasteiger partial charge in [-0.25, -0.2) is 0 Å². The van der Waals surface area contributed by atoms with Crippen LogP contribution in [0.2, 0.25) is 0 Å². The first-order chi connectivity index (χ1) is 8.15. The summed E-state index contributed by atoms with van der Waals surface area (Å²) < 4.78 is 0. The second-order valence-electron chi connectivity index (χ2n) is 4.66. The molecule has 0 saturated heterocycles. The van der Waals surface area contributed by atoms with E-state index in [4.69, 9.17) is 5.73 Å². The van der Waals surface area contributed by atoms with Crippen LogP contribution in [0.15, 0.2) is 23.1 Å². The van der Waals surface area contributed by atoms with Gasteiger partial charge in [-0.05, 0) is 37.3 Å². The largest absolute Gasteiger partial charge is 0.351 e. The van der Waals surface area contributed by atoms with Crippen LogP contribution in [0, 0.1) is 5.41 Å². The van der Waals surface area contributed by atoms with Crippen LogP contribution in [-0.2, 0) is 0 Å². The number of amides is 1. The summed E-state index contributed by atoms with van der Waals surface area (Å²) in [6.45, 7) is 1.33. The maximum Gasteiger partial charge on any atom is 0.252 e. The van der Waals surface area contributed by atoms with Crippen molar-refractivity contribution < 1.29 is 4.79 Å². The average Bonchev–Trinajstić information content (AvgIpc) is 3.08. The van der Waals surface area contributed by atoms with Gasteiger partial charge in [0.25, 0.3) is 5.91 Å². The van der Waals surface area contributed by atoms with E-state index in [1.165, 1.54) is 18.3 Å².